The van der Waals surface area contributed by atoms with Gasteiger partial charge in [-0.1, -0.05) is 18.2 Å². The van der Waals surface area contributed by atoms with Crippen molar-refractivity contribution in [3.63, 3.8) is 0 Å². The molecule has 0 heterocycles. The number of ether oxygens (including phenoxy) is 2. The van der Waals surface area contributed by atoms with Crippen molar-refractivity contribution in [2.24, 2.45) is 11.7 Å². The van der Waals surface area contributed by atoms with Gasteiger partial charge in [-0.2, -0.15) is 0 Å². The summed E-state index contributed by atoms with van der Waals surface area (Å²) in [6, 6.07) is 6.76. The van der Waals surface area contributed by atoms with Gasteiger partial charge in [-0.3, -0.25) is 0 Å². The molecule has 21 heavy (non-hydrogen) atoms. The van der Waals surface area contributed by atoms with Gasteiger partial charge >= 0.3 is 0 Å². The van der Waals surface area contributed by atoms with E-state index in [1.165, 1.54) is 16.7 Å². The van der Waals surface area contributed by atoms with Crippen LogP contribution in [0.25, 0.3) is 0 Å². The van der Waals surface area contributed by atoms with Crippen molar-refractivity contribution >= 4 is 0 Å². The summed E-state index contributed by atoms with van der Waals surface area (Å²) in [4.78, 5) is 0. The molecular formula is C18H29NO2. The summed E-state index contributed by atoms with van der Waals surface area (Å²) >= 11 is 0. The second-order valence-electron chi connectivity index (χ2n) is 6.34. The molecule has 2 N–H and O–H groups in total. The Labute approximate surface area is 128 Å². The average Bonchev–Trinajstić information content (AvgIpc) is 2.52. The van der Waals surface area contributed by atoms with E-state index < -0.39 is 0 Å². The van der Waals surface area contributed by atoms with E-state index in [1.54, 1.807) is 14.2 Å². The molecule has 0 amide bonds. The number of aryl methyl sites for hydroxylation is 2. The highest BCUT2D eigenvalue weighted by molar-refractivity contribution is 5.32. The quantitative estimate of drug-likeness (QED) is 0.844. The zero-order chi connectivity index (χ0) is 15.5. The first-order valence-electron chi connectivity index (χ1n) is 7.92. The van der Waals surface area contributed by atoms with E-state index in [-0.39, 0.29) is 5.79 Å². The van der Waals surface area contributed by atoms with Crippen LogP contribution in [-0.4, -0.2) is 26.6 Å². The summed E-state index contributed by atoms with van der Waals surface area (Å²) in [6.07, 6.45) is 4.12. The van der Waals surface area contributed by atoms with E-state index >= 15 is 0 Å². The molecule has 0 spiro atoms. The minimum Gasteiger partial charge on any atom is -0.353 e. The Morgan fingerprint density at radius 1 is 1.14 bits per heavy atom. The molecule has 0 saturated heterocycles. The molecule has 1 saturated carbocycles. The molecule has 0 bridgehead atoms. The number of hydrogen-bond donors (Lipinski definition) is 1. The third-order valence-corrected chi connectivity index (χ3v) is 5.32. The van der Waals surface area contributed by atoms with Crippen LogP contribution in [0, 0.1) is 19.8 Å². The first-order valence-corrected chi connectivity index (χ1v) is 7.92. The van der Waals surface area contributed by atoms with Crippen molar-refractivity contribution in [3.8, 4) is 0 Å². The van der Waals surface area contributed by atoms with E-state index in [9.17, 15) is 0 Å². The van der Waals surface area contributed by atoms with E-state index in [1.807, 2.05) is 0 Å². The van der Waals surface area contributed by atoms with Crippen LogP contribution in [-0.2, 0) is 9.47 Å². The molecule has 0 radical (unpaired) electrons. The fourth-order valence-electron chi connectivity index (χ4n) is 3.57. The molecule has 3 heteroatoms. The zero-order valence-electron chi connectivity index (χ0n) is 13.8. The Balaban J connectivity index is 2.11. The summed E-state index contributed by atoms with van der Waals surface area (Å²) < 4.78 is 11.2. The largest absolute Gasteiger partial charge is 0.353 e. The molecule has 1 unspecified atom stereocenters. The third kappa shape index (κ3) is 3.47. The summed E-state index contributed by atoms with van der Waals surface area (Å²) in [6.45, 7) is 5.04. The van der Waals surface area contributed by atoms with Crippen molar-refractivity contribution in [2.45, 2.75) is 51.2 Å². The van der Waals surface area contributed by atoms with Crippen molar-refractivity contribution in [1.82, 2.24) is 0 Å². The smallest absolute Gasteiger partial charge is 0.167 e. The van der Waals surface area contributed by atoms with Crippen LogP contribution in [0.2, 0.25) is 0 Å². The average molecular weight is 291 g/mol. The van der Waals surface area contributed by atoms with Gasteiger partial charge in [0.1, 0.15) is 0 Å². The maximum Gasteiger partial charge on any atom is 0.167 e. The predicted octanol–water partition coefficient (Wildman–Crippen LogP) is 3.53. The van der Waals surface area contributed by atoms with Gasteiger partial charge in [0.2, 0.25) is 0 Å². The third-order valence-electron chi connectivity index (χ3n) is 5.32. The molecule has 1 fully saturated rings. The highest BCUT2D eigenvalue weighted by Gasteiger charge is 2.37. The lowest BCUT2D eigenvalue weighted by atomic mass is 9.74. The lowest BCUT2D eigenvalue weighted by Gasteiger charge is -2.40. The van der Waals surface area contributed by atoms with Crippen LogP contribution in [0.4, 0.5) is 0 Å². The number of benzene rings is 1. The van der Waals surface area contributed by atoms with Crippen LogP contribution in [0.15, 0.2) is 18.2 Å². The first-order chi connectivity index (χ1) is 10.0. The maximum atomic E-state index is 6.09. The van der Waals surface area contributed by atoms with Gasteiger partial charge in [0.15, 0.2) is 5.79 Å². The van der Waals surface area contributed by atoms with E-state index in [0.29, 0.717) is 18.4 Å². The van der Waals surface area contributed by atoms with Gasteiger partial charge in [0.25, 0.3) is 0 Å². The summed E-state index contributed by atoms with van der Waals surface area (Å²) in [7, 11) is 3.49. The zero-order valence-corrected chi connectivity index (χ0v) is 13.8. The summed E-state index contributed by atoms with van der Waals surface area (Å²) in [5.41, 5.74) is 10.2. The molecule has 0 aliphatic heterocycles. The lowest BCUT2D eigenvalue weighted by Crippen LogP contribution is -2.40. The molecular weight excluding hydrogens is 262 g/mol. The van der Waals surface area contributed by atoms with Gasteiger partial charge in [-0.05, 0) is 61.8 Å². The van der Waals surface area contributed by atoms with Crippen LogP contribution in [0.1, 0.15) is 48.3 Å². The summed E-state index contributed by atoms with van der Waals surface area (Å²) in [5.74, 6) is 0.685. The topological polar surface area (TPSA) is 44.5 Å². The molecule has 1 aliphatic carbocycles. The minimum absolute atomic E-state index is 0.376. The molecule has 118 valence electrons. The first kappa shape index (κ1) is 16.5. The molecule has 1 aromatic carbocycles. The monoisotopic (exact) mass is 291 g/mol. The fraction of sp³-hybridized carbons (Fsp3) is 0.667. The minimum atomic E-state index is -0.376. The van der Waals surface area contributed by atoms with Gasteiger partial charge in [-0.15, -0.1) is 0 Å². The standard InChI is InChI=1S/C18H29NO2/c1-13-5-6-16(11-14(13)2)17(12-19)15-7-9-18(20-3,21-4)10-8-15/h5-6,11,15,17H,7-10,12,19H2,1-4H3. The number of hydrogen-bond acceptors (Lipinski definition) is 3. The van der Waals surface area contributed by atoms with Crippen molar-refractivity contribution in [2.75, 3.05) is 20.8 Å². The molecule has 3 nitrogen and oxygen atoms in total. The molecule has 1 atom stereocenters. The van der Waals surface area contributed by atoms with E-state index in [4.69, 9.17) is 15.2 Å². The van der Waals surface area contributed by atoms with E-state index in [2.05, 4.69) is 32.0 Å². The molecule has 0 aromatic heterocycles. The molecule has 1 aliphatic rings. The SMILES string of the molecule is COC1(OC)CCC(C(CN)c2ccc(C)c(C)c2)CC1. The van der Waals surface area contributed by atoms with Crippen LogP contribution < -0.4 is 5.73 Å². The van der Waals surface area contributed by atoms with Crippen LogP contribution in [0.5, 0.6) is 0 Å². The van der Waals surface area contributed by atoms with Crippen LogP contribution in [0.3, 0.4) is 0 Å². The highest BCUT2D eigenvalue weighted by Crippen LogP contribution is 2.41. The van der Waals surface area contributed by atoms with Gasteiger partial charge in [-0.25, -0.2) is 0 Å². The van der Waals surface area contributed by atoms with E-state index in [0.717, 1.165) is 25.7 Å². The van der Waals surface area contributed by atoms with Crippen molar-refractivity contribution < 1.29 is 9.47 Å². The highest BCUT2D eigenvalue weighted by atomic mass is 16.7. The second kappa shape index (κ2) is 6.91. The number of methoxy groups -OCH3 is 2. The van der Waals surface area contributed by atoms with Gasteiger partial charge < -0.3 is 15.2 Å². The second-order valence-corrected chi connectivity index (χ2v) is 6.34. The summed E-state index contributed by atoms with van der Waals surface area (Å²) in [5, 5.41) is 0. The Hall–Kier alpha value is -0.900. The predicted molar refractivity (Wildman–Crippen MR) is 86.4 cm³/mol. The number of rotatable bonds is 5. The Morgan fingerprint density at radius 2 is 1.76 bits per heavy atom. The maximum absolute atomic E-state index is 6.09. The number of nitrogens with two attached hydrogens (primary N) is 1. The molecule has 1 aromatic rings. The van der Waals surface area contributed by atoms with Crippen LogP contribution >= 0.6 is 0 Å². The van der Waals surface area contributed by atoms with Crippen molar-refractivity contribution in [1.29, 1.82) is 0 Å². The van der Waals surface area contributed by atoms with Gasteiger partial charge in [0, 0.05) is 27.1 Å². The Kier molecular flexibility index (Phi) is 5.42. The fourth-order valence-corrected chi connectivity index (χ4v) is 3.57. The molecule has 2 rings (SSSR count). The Morgan fingerprint density at radius 3 is 2.24 bits per heavy atom. The normalized spacial score (nSPS) is 20.4. The lowest BCUT2D eigenvalue weighted by molar-refractivity contribution is -0.228. The Bertz CT molecular complexity index is 458. The van der Waals surface area contributed by atoms with Crippen molar-refractivity contribution in [3.05, 3.63) is 34.9 Å². The van der Waals surface area contributed by atoms with Gasteiger partial charge in [0.05, 0.1) is 0 Å².